The molecule has 3 heteroatoms. The maximum Gasteiger partial charge on any atom is 0.0615 e. The van der Waals surface area contributed by atoms with Gasteiger partial charge < -0.3 is 9.84 Å². The van der Waals surface area contributed by atoms with Gasteiger partial charge in [0.25, 0.3) is 0 Å². The van der Waals surface area contributed by atoms with E-state index in [4.69, 9.17) is 9.84 Å². The summed E-state index contributed by atoms with van der Waals surface area (Å²) in [4.78, 5) is 2.25. The van der Waals surface area contributed by atoms with Crippen LogP contribution in [0.2, 0.25) is 0 Å². The third-order valence-corrected chi connectivity index (χ3v) is 2.99. The first-order valence-electron chi connectivity index (χ1n) is 6.55. The van der Waals surface area contributed by atoms with E-state index in [1.807, 2.05) is 12.1 Å². The van der Waals surface area contributed by atoms with E-state index < -0.39 is 0 Å². The van der Waals surface area contributed by atoms with Crippen molar-refractivity contribution in [2.45, 2.75) is 25.9 Å². The van der Waals surface area contributed by atoms with Crippen LogP contribution >= 0.6 is 0 Å². The summed E-state index contributed by atoms with van der Waals surface area (Å²) in [6.45, 7) is 3.87. The van der Waals surface area contributed by atoms with Gasteiger partial charge in [-0.3, -0.25) is 4.90 Å². The van der Waals surface area contributed by atoms with Crippen LogP contribution in [0.15, 0.2) is 24.3 Å². The Morgan fingerprint density at radius 1 is 1.42 bits per heavy atom. The van der Waals surface area contributed by atoms with Crippen molar-refractivity contribution in [1.29, 1.82) is 0 Å². The third kappa shape index (κ3) is 5.89. The van der Waals surface area contributed by atoms with Gasteiger partial charge in [0, 0.05) is 31.7 Å². The molecular weight excluding hydrogens is 238 g/mol. The van der Waals surface area contributed by atoms with Crippen LogP contribution in [0.3, 0.4) is 0 Å². The highest BCUT2D eigenvalue weighted by Crippen LogP contribution is 2.09. The topological polar surface area (TPSA) is 32.7 Å². The summed E-state index contributed by atoms with van der Waals surface area (Å²) < 4.78 is 5.16. The number of ether oxygens (including phenoxy) is 1. The first-order valence-corrected chi connectivity index (χ1v) is 6.55. The molecule has 0 amide bonds. The number of nitrogens with zero attached hydrogens (tertiary/aromatic N) is 1. The summed E-state index contributed by atoms with van der Waals surface area (Å²) in [5, 5.41) is 8.71. The second-order valence-corrected chi connectivity index (χ2v) is 4.70. The van der Waals surface area contributed by atoms with Crippen molar-refractivity contribution in [3.8, 4) is 11.8 Å². The molecule has 0 aliphatic heterocycles. The van der Waals surface area contributed by atoms with E-state index in [9.17, 15) is 0 Å². The zero-order valence-electron chi connectivity index (χ0n) is 12.0. The van der Waals surface area contributed by atoms with Gasteiger partial charge in [0.15, 0.2) is 0 Å². The molecule has 1 unspecified atom stereocenters. The maximum atomic E-state index is 8.71. The van der Waals surface area contributed by atoms with Gasteiger partial charge in [-0.2, -0.15) is 0 Å². The molecule has 0 bridgehead atoms. The average molecular weight is 261 g/mol. The van der Waals surface area contributed by atoms with Crippen LogP contribution in [0.5, 0.6) is 0 Å². The minimum Gasteiger partial charge on any atom is -0.395 e. The number of aliphatic hydroxyl groups is 1. The van der Waals surface area contributed by atoms with Crippen LogP contribution in [-0.4, -0.2) is 43.4 Å². The van der Waals surface area contributed by atoms with E-state index in [0.717, 1.165) is 18.7 Å². The maximum absolute atomic E-state index is 8.71. The molecule has 0 aliphatic carbocycles. The molecule has 0 fully saturated rings. The summed E-state index contributed by atoms with van der Waals surface area (Å²) in [5.41, 5.74) is 2.24. The van der Waals surface area contributed by atoms with E-state index in [2.05, 4.69) is 42.8 Å². The number of methoxy groups -OCH3 is 1. The highest BCUT2D eigenvalue weighted by atomic mass is 16.5. The smallest absolute Gasteiger partial charge is 0.0615 e. The Hall–Kier alpha value is -1.34. The summed E-state index contributed by atoms with van der Waals surface area (Å²) in [6.07, 6.45) is 0.523. The van der Waals surface area contributed by atoms with Crippen molar-refractivity contribution in [3.05, 3.63) is 35.4 Å². The fraction of sp³-hybridized carbons (Fsp3) is 0.500. The van der Waals surface area contributed by atoms with Crippen LogP contribution in [0, 0.1) is 11.8 Å². The van der Waals surface area contributed by atoms with Gasteiger partial charge in [-0.15, -0.1) is 0 Å². The number of hydrogen-bond acceptors (Lipinski definition) is 3. The lowest BCUT2D eigenvalue weighted by Gasteiger charge is -2.24. The summed E-state index contributed by atoms with van der Waals surface area (Å²) in [6, 6.07) is 8.60. The van der Waals surface area contributed by atoms with E-state index in [-0.39, 0.29) is 6.61 Å². The number of benzene rings is 1. The Morgan fingerprint density at radius 2 is 2.21 bits per heavy atom. The van der Waals surface area contributed by atoms with E-state index >= 15 is 0 Å². The van der Waals surface area contributed by atoms with E-state index in [1.54, 1.807) is 7.11 Å². The molecule has 1 aromatic carbocycles. The zero-order valence-corrected chi connectivity index (χ0v) is 12.0. The monoisotopic (exact) mass is 261 g/mol. The molecule has 0 aliphatic rings. The van der Waals surface area contributed by atoms with Gasteiger partial charge in [-0.1, -0.05) is 24.0 Å². The fourth-order valence-corrected chi connectivity index (χ4v) is 1.78. The Bertz CT molecular complexity index is 434. The normalized spacial score (nSPS) is 12.1. The summed E-state index contributed by atoms with van der Waals surface area (Å²) in [7, 11) is 3.81. The second-order valence-electron chi connectivity index (χ2n) is 4.70. The molecule has 0 spiro atoms. The van der Waals surface area contributed by atoms with Gasteiger partial charge in [-0.25, -0.2) is 0 Å². The van der Waals surface area contributed by atoms with Crippen molar-refractivity contribution in [2.75, 3.05) is 27.4 Å². The molecule has 0 radical (unpaired) electrons. The molecule has 1 N–H and O–H groups in total. The lowest BCUT2D eigenvalue weighted by molar-refractivity contribution is 0.112. The molecule has 0 saturated carbocycles. The van der Waals surface area contributed by atoms with Crippen molar-refractivity contribution >= 4 is 0 Å². The predicted octanol–water partition coefficient (Wildman–Crippen LogP) is 1.89. The first kappa shape index (κ1) is 15.7. The quantitative estimate of drug-likeness (QED) is 0.794. The fourth-order valence-electron chi connectivity index (χ4n) is 1.78. The average Bonchev–Trinajstić information content (AvgIpc) is 2.40. The molecule has 1 aromatic rings. The zero-order chi connectivity index (χ0) is 14.1. The Balaban J connectivity index is 2.64. The van der Waals surface area contributed by atoms with Gasteiger partial charge in [0.2, 0.25) is 0 Å². The Morgan fingerprint density at radius 3 is 2.89 bits per heavy atom. The predicted molar refractivity (Wildman–Crippen MR) is 77.8 cm³/mol. The van der Waals surface area contributed by atoms with Crippen LogP contribution in [0.25, 0.3) is 0 Å². The van der Waals surface area contributed by atoms with E-state index in [0.29, 0.717) is 12.5 Å². The van der Waals surface area contributed by atoms with Crippen molar-refractivity contribution < 1.29 is 9.84 Å². The molecule has 1 rings (SSSR count). The third-order valence-electron chi connectivity index (χ3n) is 2.99. The summed E-state index contributed by atoms with van der Waals surface area (Å²) in [5.74, 6) is 6.00. The van der Waals surface area contributed by atoms with Crippen LogP contribution in [0.1, 0.15) is 24.5 Å². The minimum absolute atomic E-state index is 0.115. The van der Waals surface area contributed by atoms with Gasteiger partial charge >= 0.3 is 0 Å². The minimum atomic E-state index is 0.115. The lowest BCUT2D eigenvalue weighted by Crippen LogP contribution is -2.32. The molecule has 3 nitrogen and oxygen atoms in total. The van der Waals surface area contributed by atoms with Crippen molar-refractivity contribution in [2.24, 2.45) is 0 Å². The van der Waals surface area contributed by atoms with Crippen LogP contribution < -0.4 is 0 Å². The molecule has 1 atom stereocenters. The lowest BCUT2D eigenvalue weighted by atomic mass is 10.1. The van der Waals surface area contributed by atoms with E-state index in [1.165, 1.54) is 5.56 Å². The molecule has 0 heterocycles. The van der Waals surface area contributed by atoms with Gasteiger partial charge in [-0.05, 0) is 31.7 Å². The largest absolute Gasteiger partial charge is 0.395 e. The molecule has 0 aromatic heterocycles. The number of likely N-dealkylation sites (N-methyl/N-ethyl adjacent to an activating group) is 1. The highest BCUT2D eigenvalue weighted by Gasteiger charge is 2.09. The highest BCUT2D eigenvalue weighted by molar-refractivity contribution is 5.37. The van der Waals surface area contributed by atoms with Gasteiger partial charge in [0.1, 0.15) is 0 Å². The molecular formula is C16H23NO2. The first-order chi connectivity index (χ1) is 9.17. The Labute approximate surface area is 116 Å². The Kier molecular flexibility index (Phi) is 7.20. The van der Waals surface area contributed by atoms with Crippen LogP contribution in [-0.2, 0) is 11.3 Å². The standard InChI is InChI=1S/C16H23NO2/c1-14(13-19-3)17(2)12-16-9-6-8-15(11-16)7-4-5-10-18/h6,8-9,11,14,18H,5,10,12-13H2,1-3H3. The SMILES string of the molecule is COCC(C)N(C)Cc1cccc(C#CCCO)c1. The van der Waals surface area contributed by atoms with Crippen molar-refractivity contribution in [1.82, 2.24) is 4.90 Å². The molecule has 104 valence electrons. The molecule has 0 saturated heterocycles. The number of rotatable bonds is 6. The van der Waals surface area contributed by atoms with Crippen molar-refractivity contribution in [3.63, 3.8) is 0 Å². The second kappa shape index (κ2) is 8.71. The number of aliphatic hydroxyl groups excluding tert-OH is 1. The molecule has 19 heavy (non-hydrogen) atoms. The summed E-state index contributed by atoms with van der Waals surface area (Å²) >= 11 is 0. The van der Waals surface area contributed by atoms with Crippen LogP contribution in [0.4, 0.5) is 0 Å². The van der Waals surface area contributed by atoms with Gasteiger partial charge in [0.05, 0.1) is 13.2 Å². The number of hydrogen-bond donors (Lipinski definition) is 1.